The molecule has 4 nitrogen and oxygen atoms in total. The number of hydrogen-bond acceptors (Lipinski definition) is 3. The van der Waals surface area contributed by atoms with Crippen molar-refractivity contribution in [2.75, 3.05) is 19.1 Å². The third kappa shape index (κ3) is 2.10. The van der Waals surface area contributed by atoms with Crippen molar-refractivity contribution in [2.24, 2.45) is 0 Å². The predicted octanol–water partition coefficient (Wildman–Crippen LogP) is 2.56. The Balaban J connectivity index is 2.07. The van der Waals surface area contributed by atoms with Crippen molar-refractivity contribution >= 4 is 22.6 Å². The molecule has 1 fully saturated rings. The van der Waals surface area contributed by atoms with Gasteiger partial charge < -0.3 is 9.30 Å². The first-order valence-corrected chi connectivity index (χ1v) is 6.88. The Morgan fingerprint density at radius 1 is 1.50 bits per heavy atom. The van der Waals surface area contributed by atoms with Gasteiger partial charge in [-0.25, -0.2) is 4.98 Å². The van der Waals surface area contributed by atoms with Crippen LogP contribution in [0, 0.1) is 0 Å². The van der Waals surface area contributed by atoms with Crippen LogP contribution < -0.4 is 0 Å². The summed E-state index contributed by atoms with van der Waals surface area (Å²) < 4.78 is 7.88. The van der Waals surface area contributed by atoms with E-state index in [0.29, 0.717) is 11.9 Å². The first-order chi connectivity index (χ1) is 8.90. The molecular weight excluding hydrogens is 250 g/mol. The Hall–Kier alpha value is -1.13. The summed E-state index contributed by atoms with van der Waals surface area (Å²) in [5.41, 5.74) is 2.09. The molecule has 0 amide bonds. The molecule has 0 saturated carbocycles. The van der Waals surface area contributed by atoms with Gasteiger partial charge in [0.2, 0.25) is 0 Å². The van der Waals surface area contributed by atoms with Crippen molar-refractivity contribution < 1.29 is 4.74 Å². The van der Waals surface area contributed by atoms with Gasteiger partial charge in [0.1, 0.15) is 11.3 Å². The van der Waals surface area contributed by atoms with Crippen LogP contribution in [-0.4, -0.2) is 33.6 Å². The zero-order valence-corrected chi connectivity index (χ0v) is 10.9. The van der Waals surface area contributed by atoms with Gasteiger partial charge in [0, 0.05) is 25.1 Å². The molecule has 2 aromatic heterocycles. The largest absolute Gasteiger partial charge is 0.379 e. The maximum Gasteiger partial charge on any atom is 0.111 e. The molecule has 1 saturated heterocycles. The molecule has 5 heteroatoms. The Labute approximate surface area is 111 Å². The molecule has 0 aromatic carbocycles. The van der Waals surface area contributed by atoms with Crippen LogP contribution in [0.1, 0.15) is 24.7 Å². The molecule has 18 heavy (non-hydrogen) atoms. The number of nitrogens with zero attached hydrogens (tertiary/aromatic N) is 3. The third-order valence-corrected chi connectivity index (χ3v) is 3.57. The number of aromatic nitrogens is 3. The lowest BCUT2D eigenvalue weighted by Crippen LogP contribution is -2.23. The summed E-state index contributed by atoms with van der Waals surface area (Å²) in [6.07, 6.45) is 6.66. The van der Waals surface area contributed by atoms with Gasteiger partial charge in [-0.1, -0.05) is 0 Å². The molecular formula is C13H16ClN3O. The van der Waals surface area contributed by atoms with E-state index in [1.54, 1.807) is 0 Å². The number of halogens is 1. The number of imidazole rings is 1. The van der Waals surface area contributed by atoms with Crippen LogP contribution in [0.2, 0.25) is 0 Å². The maximum absolute atomic E-state index is 5.87. The van der Waals surface area contributed by atoms with E-state index in [1.165, 1.54) is 0 Å². The van der Waals surface area contributed by atoms with Gasteiger partial charge in [-0.3, -0.25) is 4.98 Å². The lowest BCUT2D eigenvalue weighted by atomic mass is 10.1. The van der Waals surface area contributed by atoms with Crippen molar-refractivity contribution in [1.29, 1.82) is 0 Å². The monoisotopic (exact) mass is 265 g/mol. The summed E-state index contributed by atoms with van der Waals surface area (Å²) >= 11 is 5.87. The van der Waals surface area contributed by atoms with E-state index >= 15 is 0 Å². The highest BCUT2D eigenvalue weighted by Gasteiger charge is 2.21. The van der Waals surface area contributed by atoms with Crippen molar-refractivity contribution in [3.05, 3.63) is 24.3 Å². The molecule has 1 aliphatic heterocycles. The van der Waals surface area contributed by atoms with Gasteiger partial charge >= 0.3 is 0 Å². The molecule has 3 heterocycles. The second-order valence-corrected chi connectivity index (χ2v) is 4.95. The van der Waals surface area contributed by atoms with E-state index in [-0.39, 0.29) is 0 Å². The highest BCUT2D eigenvalue weighted by atomic mass is 35.5. The van der Waals surface area contributed by atoms with Gasteiger partial charge in [-0.2, -0.15) is 0 Å². The molecule has 1 aliphatic rings. The molecule has 1 atom stereocenters. The smallest absolute Gasteiger partial charge is 0.111 e. The lowest BCUT2D eigenvalue weighted by Gasteiger charge is -2.25. The Kier molecular flexibility index (Phi) is 3.48. The molecule has 0 radical (unpaired) electrons. The van der Waals surface area contributed by atoms with Crippen LogP contribution in [0.4, 0.5) is 0 Å². The van der Waals surface area contributed by atoms with Crippen molar-refractivity contribution in [1.82, 2.24) is 14.5 Å². The normalized spacial score (nSPS) is 20.4. The number of rotatable bonds is 3. The van der Waals surface area contributed by atoms with Crippen LogP contribution in [0.15, 0.2) is 18.5 Å². The molecule has 3 rings (SSSR count). The predicted molar refractivity (Wildman–Crippen MR) is 71.0 cm³/mol. The van der Waals surface area contributed by atoms with Crippen LogP contribution in [0.3, 0.4) is 0 Å². The SMILES string of the molecule is ClCCc1nc2cnccc2n1C1CCCOC1. The highest BCUT2D eigenvalue weighted by molar-refractivity contribution is 6.17. The first kappa shape index (κ1) is 11.9. The fourth-order valence-corrected chi connectivity index (χ4v) is 2.77. The van der Waals surface area contributed by atoms with Crippen molar-refractivity contribution in [3.8, 4) is 0 Å². The standard InChI is InChI=1S/C13H16ClN3O/c14-5-3-13-16-11-8-15-6-4-12(11)17(13)10-2-1-7-18-9-10/h4,6,8,10H,1-3,5,7,9H2. The van der Waals surface area contributed by atoms with E-state index < -0.39 is 0 Å². The van der Waals surface area contributed by atoms with E-state index in [1.807, 2.05) is 18.5 Å². The minimum Gasteiger partial charge on any atom is -0.379 e. The number of fused-ring (bicyclic) bond motifs is 1. The van der Waals surface area contributed by atoms with Crippen molar-refractivity contribution in [2.45, 2.75) is 25.3 Å². The average molecular weight is 266 g/mol. The van der Waals surface area contributed by atoms with E-state index in [0.717, 1.165) is 49.3 Å². The number of ether oxygens (including phenoxy) is 1. The van der Waals surface area contributed by atoms with Crippen LogP contribution in [0.25, 0.3) is 11.0 Å². The Morgan fingerprint density at radius 2 is 2.44 bits per heavy atom. The summed E-state index contributed by atoms with van der Waals surface area (Å²) in [6, 6.07) is 2.40. The first-order valence-electron chi connectivity index (χ1n) is 6.34. The van der Waals surface area contributed by atoms with Crippen LogP contribution in [-0.2, 0) is 11.2 Å². The molecule has 96 valence electrons. The molecule has 0 spiro atoms. The zero-order chi connectivity index (χ0) is 12.4. The summed E-state index contributed by atoms with van der Waals surface area (Å²) in [5.74, 6) is 1.63. The van der Waals surface area contributed by atoms with Gasteiger partial charge in [-0.15, -0.1) is 11.6 Å². The molecule has 0 N–H and O–H groups in total. The summed E-state index contributed by atoms with van der Waals surface area (Å²) in [4.78, 5) is 8.77. The second kappa shape index (κ2) is 5.24. The highest BCUT2D eigenvalue weighted by Crippen LogP contribution is 2.26. The topological polar surface area (TPSA) is 39.9 Å². The summed E-state index contributed by atoms with van der Waals surface area (Å²) in [5, 5.41) is 0. The van der Waals surface area contributed by atoms with E-state index in [2.05, 4.69) is 14.5 Å². The molecule has 2 aromatic rings. The molecule has 0 bridgehead atoms. The molecule has 0 aliphatic carbocycles. The number of pyridine rings is 1. The minimum atomic E-state index is 0.379. The summed E-state index contributed by atoms with van der Waals surface area (Å²) in [7, 11) is 0. The summed E-state index contributed by atoms with van der Waals surface area (Å²) in [6.45, 7) is 1.64. The zero-order valence-electron chi connectivity index (χ0n) is 10.2. The molecule has 1 unspecified atom stereocenters. The Bertz CT molecular complexity index is 534. The number of hydrogen-bond donors (Lipinski definition) is 0. The fraction of sp³-hybridized carbons (Fsp3) is 0.538. The van der Waals surface area contributed by atoms with Crippen molar-refractivity contribution in [3.63, 3.8) is 0 Å². The van der Waals surface area contributed by atoms with Gasteiger partial charge in [-0.05, 0) is 18.9 Å². The average Bonchev–Trinajstić information content (AvgIpc) is 2.78. The lowest BCUT2D eigenvalue weighted by molar-refractivity contribution is 0.0596. The van der Waals surface area contributed by atoms with Crippen LogP contribution >= 0.6 is 11.6 Å². The maximum atomic E-state index is 5.87. The van der Waals surface area contributed by atoms with Gasteiger partial charge in [0.25, 0.3) is 0 Å². The third-order valence-electron chi connectivity index (χ3n) is 3.38. The van der Waals surface area contributed by atoms with E-state index in [9.17, 15) is 0 Å². The fourth-order valence-electron chi connectivity index (χ4n) is 2.60. The quantitative estimate of drug-likeness (QED) is 0.801. The number of alkyl halides is 1. The minimum absolute atomic E-state index is 0.379. The van der Waals surface area contributed by atoms with Gasteiger partial charge in [0.15, 0.2) is 0 Å². The Morgan fingerprint density at radius 3 is 3.22 bits per heavy atom. The van der Waals surface area contributed by atoms with Crippen LogP contribution in [0.5, 0.6) is 0 Å². The number of aryl methyl sites for hydroxylation is 1. The van der Waals surface area contributed by atoms with Gasteiger partial charge in [0.05, 0.1) is 24.4 Å². The van der Waals surface area contributed by atoms with E-state index in [4.69, 9.17) is 16.3 Å². The second-order valence-electron chi connectivity index (χ2n) is 4.57.